The average Bonchev–Trinajstić information content (AvgIpc) is 3.57. The normalized spacial score (nSPS) is 18.5. The van der Waals surface area contributed by atoms with Crippen molar-refractivity contribution in [3.05, 3.63) is 82.0 Å². The van der Waals surface area contributed by atoms with Gasteiger partial charge in [-0.2, -0.15) is 5.10 Å². The van der Waals surface area contributed by atoms with Gasteiger partial charge in [0.1, 0.15) is 17.7 Å². The number of aryl methyl sites for hydroxylation is 2. The highest BCUT2D eigenvalue weighted by Crippen LogP contribution is 2.24. The second kappa shape index (κ2) is 13.6. The number of nitrogens with zero attached hydrogens (tertiary/aromatic N) is 4. The molecule has 3 amide bonds. The Morgan fingerprint density at radius 3 is 2.61 bits per heavy atom. The van der Waals surface area contributed by atoms with E-state index in [0.717, 1.165) is 22.0 Å². The van der Waals surface area contributed by atoms with Gasteiger partial charge in [-0.15, -0.1) is 0 Å². The van der Waals surface area contributed by atoms with Crippen molar-refractivity contribution in [1.82, 2.24) is 35.3 Å². The molecule has 1 aliphatic rings. The highest BCUT2D eigenvalue weighted by Gasteiger charge is 2.29. The molecule has 3 heterocycles. The molecular formula is C33H40ClN7O3. The zero-order valence-electron chi connectivity index (χ0n) is 25.7. The van der Waals surface area contributed by atoms with E-state index in [0.29, 0.717) is 61.1 Å². The maximum absolute atomic E-state index is 13.9. The molecule has 0 radical (unpaired) electrons. The smallest absolute Gasteiger partial charge is 0.253 e. The number of para-hydroxylation sites is 1. The fourth-order valence-corrected chi connectivity index (χ4v) is 5.90. The van der Waals surface area contributed by atoms with Crippen LogP contribution in [0.1, 0.15) is 72.3 Å². The van der Waals surface area contributed by atoms with Crippen LogP contribution < -0.4 is 10.6 Å². The molecule has 0 fully saturated rings. The Balaban J connectivity index is 1.47. The number of halogens is 1. The number of benzene rings is 2. The number of carbonyl (C=O) groups is 3. The minimum atomic E-state index is -0.799. The van der Waals surface area contributed by atoms with E-state index in [1.165, 1.54) is 0 Å². The monoisotopic (exact) mass is 617 g/mol. The minimum absolute atomic E-state index is 0.139. The molecule has 0 spiro atoms. The van der Waals surface area contributed by atoms with Gasteiger partial charge in [0.15, 0.2) is 0 Å². The first-order valence-electron chi connectivity index (χ1n) is 15.2. The van der Waals surface area contributed by atoms with Crippen molar-refractivity contribution in [2.24, 2.45) is 5.92 Å². The van der Waals surface area contributed by atoms with E-state index in [1.54, 1.807) is 27.8 Å². The van der Waals surface area contributed by atoms with E-state index < -0.39 is 12.1 Å². The van der Waals surface area contributed by atoms with Gasteiger partial charge in [0.25, 0.3) is 5.91 Å². The van der Waals surface area contributed by atoms with Gasteiger partial charge >= 0.3 is 0 Å². The van der Waals surface area contributed by atoms with Gasteiger partial charge in [-0.3, -0.25) is 14.4 Å². The van der Waals surface area contributed by atoms with Gasteiger partial charge in [0, 0.05) is 53.6 Å². The lowest BCUT2D eigenvalue weighted by Gasteiger charge is -2.27. The van der Waals surface area contributed by atoms with E-state index in [1.807, 2.05) is 44.3 Å². The van der Waals surface area contributed by atoms with Crippen molar-refractivity contribution >= 4 is 40.2 Å². The number of hydrogen-bond donors (Lipinski definition) is 3. The van der Waals surface area contributed by atoms with Crippen molar-refractivity contribution < 1.29 is 14.4 Å². The summed E-state index contributed by atoms with van der Waals surface area (Å²) in [5.41, 5.74) is 3.27. The molecule has 0 saturated heterocycles. The Bertz CT molecular complexity index is 1660. The lowest BCUT2D eigenvalue weighted by molar-refractivity contribution is -0.129. The number of rotatable bonds is 5. The Morgan fingerprint density at radius 2 is 1.84 bits per heavy atom. The van der Waals surface area contributed by atoms with E-state index in [4.69, 9.17) is 16.6 Å². The van der Waals surface area contributed by atoms with Crippen molar-refractivity contribution in [2.75, 3.05) is 13.1 Å². The number of aromatic nitrogens is 4. The molecule has 0 bridgehead atoms. The zero-order valence-corrected chi connectivity index (χ0v) is 26.4. The van der Waals surface area contributed by atoms with Crippen molar-refractivity contribution in [2.45, 2.75) is 72.0 Å². The molecular weight excluding hydrogens is 578 g/mol. The average molecular weight is 618 g/mol. The van der Waals surface area contributed by atoms with Crippen LogP contribution >= 0.6 is 11.6 Å². The Hall–Kier alpha value is -4.18. The van der Waals surface area contributed by atoms with E-state index >= 15 is 0 Å². The molecule has 2 aromatic carbocycles. The molecule has 0 unspecified atom stereocenters. The summed E-state index contributed by atoms with van der Waals surface area (Å²) in [6.45, 7) is 8.99. The Kier molecular flexibility index (Phi) is 9.68. The first-order chi connectivity index (χ1) is 21.1. The summed E-state index contributed by atoms with van der Waals surface area (Å²) < 4.78 is 1.80. The van der Waals surface area contributed by atoms with Crippen LogP contribution in [0.3, 0.4) is 0 Å². The summed E-state index contributed by atoms with van der Waals surface area (Å²) in [6, 6.07) is 11.9. The van der Waals surface area contributed by atoms with Gasteiger partial charge in [-0.1, -0.05) is 43.6 Å². The van der Waals surface area contributed by atoms with Gasteiger partial charge in [-0.05, 0) is 68.0 Å². The Morgan fingerprint density at radius 1 is 1.05 bits per heavy atom. The zero-order chi connectivity index (χ0) is 31.4. The molecule has 3 N–H and O–H groups in total. The second-order valence-corrected chi connectivity index (χ2v) is 12.4. The van der Waals surface area contributed by atoms with Crippen molar-refractivity contribution in [3.63, 3.8) is 0 Å². The van der Waals surface area contributed by atoms with Crippen LogP contribution in [0, 0.1) is 19.8 Å². The summed E-state index contributed by atoms with van der Waals surface area (Å²) in [5.74, 6) is 0.817. The van der Waals surface area contributed by atoms with Crippen LogP contribution in [0.2, 0.25) is 5.02 Å². The predicted molar refractivity (Wildman–Crippen MR) is 170 cm³/mol. The van der Waals surface area contributed by atoms with E-state index in [-0.39, 0.29) is 30.1 Å². The summed E-state index contributed by atoms with van der Waals surface area (Å²) in [5, 5.41) is 12.4. The molecule has 232 valence electrons. The number of hydrogen-bond acceptors (Lipinski definition) is 5. The maximum Gasteiger partial charge on any atom is 0.253 e. The highest BCUT2D eigenvalue weighted by molar-refractivity contribution is 6.31. The highest BCUT2D eigenvalue weighted by atomic mass is 35.5. The van der Waals surface area contributed by atoms with Crippen molar-refractivity contribution in [1.29, 1.82) is 0 Å². The second-order valence-electron chi connectivity index (χ2n) is 12.0. The molecule has 0 saturated carbocycles. The van der Waals surface area contributed by atoms with Crippen LogP contribution in [0.15, 0.2) is 48.7 Å². The van der Waals surface area contributed by atoms with Gasteiger partial charge < -0.3 is 20.5 Å². The predicted octanol–water partition coefficient (Wildman–Crippen LogP) is 4.90. The lowest BCUT2D eigenvalue weighted by Crippen LogP contribution is -2.49. The fraction of sp³-hybridized carbons (Fsp3) is 0.424. The molecule has 11 heteroatoms. The van der Waals surface area contributed by atoms with E-state index in [2.05, 4.69) is 34.6 Å². The molecule has 44 heavy (non-hydrogen) atoms. The van der Waals surface area contributed by atoms with Crippen molar-refractivity contribution in [3.8, 4) is 0 Å². The number of amides is 3. The van der Waals surface area contributed by atoms with Gasteiger partial charge in [0.05, 0.1) is 12.6 Å². The number of aromatic amines is 1. The largest absolute Gasteiger partial charge is 0.361 e. The quantitative estimate of drug-likeness (QED) is 0.294. The standard InChI is InChI=1S/C33H40ClN7O3/c1-20(2)16-28-31-36-22(4)39-41(31)15-14-40(33(44)23-11-12-26(34)21(3)17-23)13-7-10-30(42)37-29(32(43)38-28)18-24-19-35-27-9-6-5-8-25(24)27/h5-6,8-9,11-12,17,19-20,28-29,35H,7,10,13-16,18H2,1-4H3,(H,37,42)(H,38,43)/t28-,29+/m0/s1. The van der Waals surface area contributed by atoms with Gasteiger partial charge in [0.2, 0.25) is 11.8 Å². The number of carbonyl (C=O) groups excluding carboxylic acids is 3. The molecule has 5 rings (SSSR count). The number of nitrogens with one attached hydrogen (secondary N) is 3. The topological polar surface area (TPSA) is 125 Å². The third-order valence-electron chi connectivity index (χ3n) is 8.00. The first-order valence-corrected chi connectivity index (χ1v) is 15.6. The van der Waals surface area contributed by atoms with Gasteiger partial charge in [-0.25, -0.2) is 9.67 Å². The summed E-state index contributed by atoms with van der Waals surface area (Å²) in [7, 11) is 0. The molecule has 1 aliphatic heterocycles. The molecule has 2 aromatic heterocycles. The number of H-pyrrole nitrogens is 1. The minimum Gasteiger partial charge on any atom is -0.361 e. The summed E-state index contributed by atoms with van der Waals surface area (Å²) >= 11 is 6.22. The van der Waals surface area contributed by atoms with Crippen LogP contribution in [-0.4, -0.2) is 61.5 Å². The molecule has 4 aromatic rings. The molecule has 2 atom stereocenters. The van der Waals surface area contributed by atoms with Crippen LogP contribution in [0.25, 0.3) is 10.9 Å². The first kappa shape index (κ1) is 31.3. The SMILES string of the molecule is Cc1nc2n(n1)CCN(C(=O)c1ccc(Cl)c(C)c1)CCCC(=O)N[C@H](Cc1c[nH]c3ccccc13)C(=O)N[C@H]2CC(C)C. The summed E-state index contributed by atoms with van der Waals surface area (Å²) in [6.07, 6.45) is 3.45. The van der Waals surface area contributed by atoms with E-state index in [9.17, 15) is 14.4 Å². The Labute approximate surface area is 262 Å². The maximum atomic E-state index is 13.9. The fourth-order valence-electron chi connectivity index (χ4n) is 5.78. The van der Waals surface area contributed by atoms with Crippen LogP contribution in [0.5, 0.6) is 0 Å². The third-order valence-corrected chi connectivity index (χ3v) is 8.42. The molecule has 0 aliphatic carbocycles. The molecule has 10 nitrogen and oxygen atoms in total. The third kappa shape index (κ3) is 7.30. The van der Waals surface area contributed by atoms with Crippen LogP contribution in [0.4, 0.5) is 0 Å². The number of fused-ring (bicyclic) bond motifs is 2. The summed E-state index contributed by atoms with van der Waals surface area (Å²) in [4.78, 5) is 50.5. The lowest BCUT2D eigenvalue weighted by atomic mass is 10.0. The van der Waals surface area contributed by atoms with Crippen LogP contribution in [-0.2, 0) is 22.6 Å².